The molecule has 0 spiro atoms. The van der Waals surface area contributed by atoms with E-state index in [1.807, 2.05) is 12.1 Å². The van der Waals surface area contributed by atoms with E-state index in [0.29, 0.717) is 5.69 Å². The molecule has 3 rings (SSSR count). The Morgan fingerprint density at radius 3 is 2.39 bits per heavy atom. The van der Waals surface area contributed by atoms with Crippen molar-refractivity contribution in [3.05, 3.63) is 64.7 Å². The maximum Gasteiger partial charge on any atom is 0.329 e. The smallest absolute Gasteiger partial charge is 0.329 e. The van der Waals surface area contributed by atoms with E-state index in [9.17, 15) is 23.2 Å². The Balaban J connectivity index is 1.57. The lowest BCUT2D eigenvalue weighted by Gasteiger charge is -2.21. The second kappa shape index (κ2) is 9.68. The second-order valence-electron chi connectivity index (χ2n) is 7.78. The van der Waals surface area contributed by atoms with Gasteiger partial charge < -0.3 is 15.4 Å². The van der Waals surface area contributed by atoms with Crippen LogP contribution in [0.15, 0.2) is 36.4 Å². The molecule has 0 radical (unpaired) electrons. The third-order valence-electron chi connectivity index (χ3n) is 5.12. The van der Waals surface area contributed by atoms with Gasteiger partial charge in [-0.2, -0.15) is 0 Å². The van der Waals surface area contributed by atoms with E-state index < -0.39 is 53.5 Å². The molecule has 164 valence electrons. The third kappa shape index (κ3) is 5.45. The molecule has 8 heteroatoms. The Morgan fingerprint density at radius 1 is 1.03 bits per heavy atom. The summed E-state index contributed by atoms with van der Waals surface area (Å²) in [6, 6.07) is 7.52. The summed E-state index contributed by atoms with van der Waals surface area (Å²) in [5, 5.41) is 4.96. The number of benzene rings is 2. The molecule has 0 heterocycles. The molecule has 1 aliphatic carbocycles. The van der Waals surface area contributed by atoms with Crippen molar-refractivity contribution in [2.45, 2.75) is 39.2 Å². The number of nitrogens with one attached hydrogen (secondary N) is 2. The van der Waals surface area contributed by atoms with Crippen LogP contribution in [0.2, 0.25) is 0 Å². The number of anilines is 1. The van der Waals surface area contributed by atoms with Gasteiger partial charge >= 0.3 is 5.97 Å². The summed E-state index contributed by atoms with van der Waals surface area (Å²) in [7, 11) is 0. The molecule has 0 aliphatic heterocycles. The molecular weight excluding hydrogens is 406 g/mol. The molecule has 0 bridgehead atoms. The summed E-state index contributed by atoms with van der Waals surface area (Å²) in [5.74, 6) is -4.99. The van der Waals surface area contributed by atoms with Crippen molar-refractivity contribution in [1.82, 2.24) is 5.32 Å². The van der Waals surface area contributed by atoms with Gasteiger partial charge in [0.2, 0.25) is 0 Å². The number of ether oxygens (including phenoxy) is 1. The number of carbonyl (C=O) groups is 3. The van der Waals surface area contributed by atoms with E-state index in [-0.39, 0.29) is 0 Å². The first-order valence-corrected chi connectivity index (χ1v) is 10.1. The average molecular weight is 430 g/mol. The number of aryl methyl sites for hydroxylation is 2. The van der Waals surface area contributed by atoms with Gasteiger partial charge in [-0.25, -0.2) is 13.6 Å². The Kier molecular flexibility index (Phi) is 6.99. The third-order valence-corrected chi connectivity index (χ3v) is 5.12. The quantitative estimate of drug-likeness (QED) is 0.660. The zero-order chi connectivity index (χ0) is 22.5. The molecule has 1 aliphatic rings. The van der Waals surface area contributed by atoms with Crippen LogP contribution in [0.1, 0.15) is 41.8 Å². The lowest BCUT2D eigenvalue weighted by Crippen LogP contribution is -2.46. The SMILES string of the molecule is CC(C)C(NC(=O)c1c(F)cccc1F)C(=O)OCC(=O)Nc1ccc2c(c1)CCC2. The molecular formula is C23H24F2N2O4. The molecule has 0 fully saturated rings. The highest BCUT2D eigenvalue weighted by molar-refractivity contribution is 5.98. The van der Waals surface area contributed by atoms with Crippen molar-refractivity contribution in [2.24, 2.45) is 5.92 Å². The number of carbonyl (C=O) groups excluding carboxylic acids is 3. The van der Waals surface area contributed by atoms with Crippen molar-refractivity contribution < 1.29 is 27.9 Å². The van der Waals surface area contributed by atoms with Crippen LogP contribution in [0.5, 0.6) is 0 Å². The average Bonchev–Trinajstić information content (AvgIpc) is 3.17. The fourth-order valence-corrected chi connectivity index (χ4v) is 3.50. The Hall–Kier alpha value is -3.29. The summed E-state index contributed by atoms with van der Waals surface area (Å²) in [4.78, 5) is 36.9. The van der Waals surface area contributed by atoms with Crippen molar-refractivity contribution in [2.75, 3.05) is 11.9 Å². The molecule has 6 nitrogen and oxygen atoms in total. The van der Waals surface area contributed by atoms with Crippen LogP contribution >= 0.6 is 0 Å². The van der Waals surface area contributed by atoms with Gasteiger partial charge in [0.1, 0.15) is 23.2 Å². The number of hydrogen-bond acceptors (Lipinski definition) is 4. The van der Waals surface area contributed by atoms with Gasteiger partial charge in [-0.15, -0.1) is 0 Å². The summed E-state index contributed by atoms with van der Waals surface area (Å²) in [6.07, 6.45) is 3.08. The highest BCUT2D eigenvalue weighted by atomic mass is 19.1. The van der Waals surface area contributed by atoms with Gasteiger partial charge in [0, 0.05) is 5.69 Å². The minimum Gasteiger partial charge on any atom is -0.454 e. The maximum absolute atomic E-state index is 13.8. The van der Waals surface area contributed by atoms with Gasteiger partial charge in [-0.1, -0.05) is 26.0 Å². The lowest BCUT2D eigenvalue weighted by molar-refractivity contribution is -0.150. The molecule has 1 atom stereocenters. The van der Waals surface area contributed by atoms with Crippen LogP contribution in [0.4, 0.5) is 14.5 Å². The maximum atomic E-state index is 13.8. The number of esters is 1. The number of fused-ring (bicyclic) bond motifs is 1. The Bertz CT molecular complexity index is 987. The summed E-state index contributed by atoms with van der Waals surface area (Å²) in [5.41, 5.74) is 2.30. The monoisotopic (exact) mass is 430 g/mol. The minimum atomic E-state index is -1.18. The molecule has 1 unspecified atom stereocenters. The van der Waals surface area contributed by atoms with E-state index in [1.165, 1.54) is 11.1 Å². The Morgan fingerprint density at radius 2 is 1.71 bits per heavy atom. The van der Waals surface area contributed by atoms with Gasteiger partial charge in [-0.3, -0.25) is 9.59 Å². The van der Waals surface area contributed by atoms with Crippen LogP contribution in [-0.2, 0) is 27.2 Å². The van der Waals surface area contributed by atoms with E-state index in [0.717, 1.165) is 37.5 Å². The first-order chi connectivity index (χ1) is 14.8. The molecule has 2 aromatic carbocycles. The van der Waals surface area contributed by atoms with E-state index in [2.05, 4.69) is 10.6 Å². The van der Waals surface area contributed by atoms with Gasteiger partial charge in [0.25, 0.3) is 11.8 Å². The van der Waals surface area contributed by atoms with E-state index >= 15 is 0 Å². The summed E-state index contributed by atoms with van der Waals surface area (Å²) < 4.78 is 32.7. The zero-order valence-electron chi connectivity index (χ0n) is 17.3. The van der Waals surface area contributed by atoms with Crippen LogP contribution in [0, 0.1) is 17.6 Å². The number of halogens is 2. The molecule has 0 saturated heterocycles. The van der Waals surface area contributed by atoms with Crippen molar-refractivity contribution in [1.29, 1.82) is 0 Å². The Labute approximate surface area is 179 Å². The molecule has 0 saturated carbocycles. The number of rotatable bonds is 7. The van der Waals surface area contributed by atoms with Gasteiger partial charge in [0.05, 0.1) is 0 Å². The fraction of sp³-hybridized carbons (Fsp3) is 0.348. The van der Waals surface area contributed by atoms with Crippen LogP contribution < -0.4 is 10.6 Å². The van der Waals surface area contributed by atoms with Gasteiger partial charge in [0.15, 0.2) is 6.61 Å². The molecule has 2 N–H and O–H groups in total. The van der Waals surface area contributed by atoms with E-state index in [1.54, 1.807) is 19.9 Å². The topological polar surface area (TPSA) is 84.5 Å². The molecule has 2 amide bonds. The predicted octanol–water partition coefficient (Wildman–Crippen LogP) is 3.39. The number of amides is 2. The fourth-order valence-electron chi connectivity index (χ4n) is 3.50. The normalized spacial score (nSPS) is 13.5. The van der Waals surface area contributed by atoms with Crippen molar-refractivity contribution in [3.8, 4) is 0 Å². The van der Waals surface area contributed by atoms with Crippen molar-refractivity contribution in [3.63, 3.8) is 0 Å². The van der Waals surface area contributed by atoms with Crippen LogP contribution in [0.25, 0.3) is 0 Å². The van der Waals surface area contributed by atoms with Crippen LogP contribution in [0.3, 0.4) is 0 Å². The largest absolute Gasteiger partial charge is 0.454 e. The highest BCUT2D eigenvalue weighted by Crippen LogP contribution is 2.24. The minimum absolute atomic E-state index is 0.439. The number of hydrogen-bond donors (Lipinski definition) is 2. The zero-order valence-corrected chi connectivity index (χ0v) is 17.3. The molecule has 0 aromatic heterocycles. The lowest BCUT2D eigenvalue weighted by atomic mass is 10.0. The van der Waals surface area contributed by atoms with Crippen molar-refractivity contribution >= 4 is 23.5 Å². The first-order valence-electron chi connectivity index (χ1n) is 10.1. The molecule has 2 aromatic rings. The van der Waals surface area contributed by atoms with Crippen LogP contribution in [-0.4, -0.2) is 30.4 Å². The standard InChI is InChI=1S/C23H24F2N2O4/c1-13(2)21(27-22(29)20-17(24)7-4-8-18(20)25)23(30)31-12-19(28)26-16-10-9-14-5-3-6-15(14)11-16/h4,7-11,13,21H,3,5-6,12H2,1-2H3,(H,26,28)(H,27,29). The highest BCUT2D eigenvalue weighted by Gasteiger charge is 2.29. The molecule has 31 heavy (non-hydrogen) atoms. The first kappa shape index (κ1) is 22.4. The second-order valence-corrected chi connectivity index (χ2v) is 7.78. The predicted molar refractivity (Wildman–Crippen MR) is 111 cm³/mol. The summed E-state index contributed by atoms with van der Waals surface area (Å²) in [6.45, 7) is 2.71. The summed E-state index contributed by atoms with van der Waals surface area (Å²) >= 11 is 0. The van der Waals surface area contributed by atoms with E-state index in [4.69, 9.17) is 4.74 Å². The van der Waals surface area contributed by atoms with Gasteiger partial charge in [-0.05, 0) is 60.6 Å².